The summed E-state index contributed by atoms with van der Waals surface area (Å²) in [6.45, 7) is -1.22. The number of ether oxygens (including phenoxy) is 3. The van der Waals surface area contributed by atoms with E-state index in [4.69, 9.17) is 34.6 Å². The number of rotatable bonds is 27. The molecule has 42 heavy (non-hydrogen) atoms. The molecule has 0 heterocycles. The van der Waals surface area contributed by atoms with E-state index in [0.29, 0.717) is 13.0 Å². The summed E-state index contributed by atoms with van der Waals surface area (Å²) in [7, 11) is 3.58. The molecule has 0 rings (SSSR count). The van der Waals surface area contributed by atoms with E-state index in [9.17, 15) is 34.5 Å². The highest BCUT2D eigenvalue weighted by Gasteiger charge is 2.31. The number of likely N-dealkylation sites (N-methyl/N-ethyl adjacent to an activating group) is 1. The maximum Gasteiger partial charge on any atom is 0.317 e. The summed E-state index contributed by atoms with van der Waals surface area (Å²) in [5.74, 6) is -5.01. The van der Waals surface area contributed by atoms with E-state index in [-0.39, 0.29) is 52.7 Å². The fourth-order valence-corrected chi connectivity index (χ4v) is 3.98. The van der Waals surface area contributed by atoms with E-state index in [1.807, 2.05) is 6.92 Å². The minimum Gasteiger partial charge on any atom is -0.480 e. The molecule has 0 radical (unpaired) electrons. The van der Waals surface area contributed by atoms with E-state index in [1.54, 1.807) is 19.0 Å². The summed E-state index contributed by atoms with van der Waals surface area (Å²) < 4.78 is 17.1. The number of carbonyl (C=O) groups is 4. The molecule has 0 saturated carbocycles. The topological polar surface area (TPSA) is 247 Å². The lowest BCUT2D eigenvalue weighted by Gasteiger charge is -2.33. The van der Waals surface area contributed by atoms with Crippen LogP contribution in [0.2, 0.25) is 0 Å². The van der Waals surface area contributed by atoms with Crippen molar-refractivity contribution in [3.8, 4) is 0 Å². The van der Waals surface area contributed by atoms with Crippen LogP contribution in [-0.4, -0.2) is 192 Å². The maximum absolute atomic E-state index is 11.0. The van der Waals surface area contributed by atoms with Gasteiger partial charge in [-0.25, -0.2) is 0 Å². The van der Waals surface area contributed by atoms with Gasteiger partial charge in [0.25, 0.3) is 0 Å². The Labute approximate surface area is 244 Å². The maximum atomic E-state index is 11.0. The van der Waals surface area contributed by atoms with Crippen molar-refractivity contribution in [1.82, 2.24) is 14.7 Å². The summed E-state index contributed by atoms with van der Waals surface area (Å²) in [5, 5.41) is 66.7. The van der Waals surface area contributed by atoms with Crippen LogP contribution >= 0.6 is 0 Å². The van der Waals surface area contributed by atoms with Crippen molar-refractivity contribution in [3.63, 3.8) is 0 Å². The lowest BCUT2D eigenvalue weighted by Crippen LogP contribution is -2.43. The van der Waals surface area contributed by atoms with Crippen molar-refractivity contribution in [2.24, 2.45) is 5.41 Å². The first-order valence-electron chi connectivity index (χ1n) is 13.3. The second kappa shape index (κ2) is 21.2. The number of carboxylic acids is 4. The molecule has 0 aromatic heterocycles. The Morgan fingerprint density at radius 1 is 0.595 bits per heavy atom. The molecule has 0 fully saturated rings. The van der Waals surface area contributed by atoms with E-state index in [1.165, 1.54) is 0 Å². The molecular formula is C25H47N3O14. The van der Waals surface area contributed by atoms with Gasteiger partial charge in [0, 0.05) is 25.0 Å². The van der Waals surface area contributed by atoms with Crippen molar-refractivity contribution in [3.05, 3.63) is 0 Å². The first kappa shape index (κ1) is 39.5. The Balaban J connectivity index is 5.25. The zero-order valence-corrected chi connectivity index (χ0v) is 24.5. The average molecular weight is 614 g/mol. The SMILES string of the molecule is CCC(COCC(O)CN(C)C)(COCC(O)CN(CC(=O)O)CC(=O)O)COCC(O)CN(CC(=O)O)CC(=O)O. The normalized spacial score (nSPS) is 15.5. The second-order valence-corrected chi connectivity index (χ2v) is 10.5. The van der Waals surface area contributed by atoms with Crippen LogP contribution in [0.1, 0.15) is 13.3 Å². The molecule has 0 amide bonds. The van der Waals surface area contributed by atoms with Crippen molar-refractivity contribution in [2.75, 3.05) is 99.5 Å². The van der Waals surface area contributed by atoms with E-state index < -0.39 is 73.8 Å². The Hall–Kier alpha value is -2.48. The van der Waals surface area contributed by atoms with Gasteiger partial charge in [0.05, 0.1) is 84.1 Å². The van der Waals surface area contributed by atoms with Gasteiger partial charge in [-0.3, -0.25) is 29.0 Å². The summed E-state index contributed by atoms with van der Waals surface area (Å²) in [6, 6.07) is 0. The lowest BCUT2D eigenvalue weighted by atomic mass is 9.88. The molecule has 246 valence electrons. The Morgan fingerprint density at radius 3 is 1.12 bits per heavy atom. The molecule has 3 atom stereocenters. The molecule has 0 saturated heterocycles. The molecule has 0 spiro atoms. The zero-order chi connectivity index (χ0) is 32.3. The van der Waals surface area contributed by atoms with Crippen LogP contribution in [0, 0.1) is 5.41 Å². The van der Waals surface area contributed by atoms with Crippen molar-refractivity contribution in [2.45, 2.75) is 31.7 Å². The minimum absolute atomic E-state index is 0.00382. The number of hydrogen-bond acceptors (Lipinski definition) is 13. The van der Waals surface area contributed by atoms with Crippen LogP contribution in [0.15, 0.2) is 0 Å². The molecule has 0 aliphatic rings. The van der Waals surface area contributed by atoms with Gasteiger partial charge in [0.15, 0.2) is 0 Å². The summed E-state index contributed by atoms with van der Waals surface area (Å²) >= 11 is 0. The highest BCUT2D eigenvalue weighted by molar-refractivity contribution is 5.73. The Kier molecular flexibility index (Phi) is 20.0. The summed E-state index contributed by atoms with van der Waals surface area (Å²) in [5.41, 5.74) is -0.832. The highest BCUT2D eigenvalue weighted by atomic mass is 16.5. The van der Waals surface area contributed by atoms with Crippen LogP contribution < -0.4 is 0 Å². The standard InChI is InChI=1S/C25H47N3O14/c1-4-25(15-40-12-18(29)5-26(2)3,16-41-13-19(30)6-27(8-21(32)33)9-22(34)35)17-42-14-20(31)7-28(10-23(36)37)11-24(38)39/h18-20,29-31H,4-17H2,1-3H3,(H,32,33)(H,34,35)(H,36,37)(H,38,39). The quantitative estimate of drug-likeness (QED) is 0.0488. The van der Waals surface area contributed by atoms with Gasteiger partial charge in [0.1, 0.15) is 0 Å². The fourth-order valence-electron chi connectivity index (χ4n) is 3.98. The van der Waals surface area contributed by atoms with Gasteiger partial charge in [0.2, 0.25) is 0 Å². The van der Waals surface area contributed by atoms with Gasteiger partial charge in [-0.15, -0.1) is 0 Å². The molecule has 0 aromatic carbocycles. The smallest absolute Gasteiger partial charge is 0.317 e. The zero-order valence-electron chi connectivity index (χ0n) is 24.5. The summed E-state index contributed by atoms with van der Waals surface area (Å²) in [4.78, 5) is 47.9. The third kappa shape index (κ3) is 20.4. The Morgan fingerprint density at radius 2 is 0.881 bits per heavy atom. The fraction of sp³-hybridized carbons (Fsp3) is 0.840. The molecule has 0 aliphatic carbocycles. The first-order chi connectivity index (χ1) is 19.6. The molecule has 17 nitrogen and oxygen atoms in total. The minimum atomic E-state index is -1.25. The molecule has 17 heteroatoms. The van der Waals surface area contributed by atoms with Crippen LogP contribution in [-0.2, 0) is 33.4 Å². The second-order valence-electron chi connectivity index (χ2n) is 10.5. The van der Waals surface area contributed by atoms with Gasteiger partial charge in [-0.2, -0.15) is 0 Å². The van der Waals surface area contributed by atoms with Crippen LogP contribution in [0.4, 0.5) is 0 Å². The third-order valence-corrected chi connectivity index (χ3v) is 5.85. The highest BCUT2D eigenvalue weighted by Crippen LogP contribution is 2.24. The number of aliphatic hydroxyl groups excluding tert-OH is 3. The number of nitrogens with zero attached hydrogens (tertiary/aromatic N) is 3. The predicted octanol–water partition coefficient (Wildman–Crippen LogP) is -2.98. The van der Waals surface area contributed by atoms with E-state index in [2.05, 4.69) is 0 Å². The lowest BCUT2D eigenvalue weighted by molar-refractivity contribution is -0.144. The molecule has 0 aliphatic heterocycles. The van der Waals surface area contributed by atoms with Gasteiger partial charge in [-0.1, -0.05) is 6.92 Å². The largest absolute Gasteiger partial charge is 0.480 e. The van der Waals surface area contributed by atoms with E-state index in [0.717, 1.165) is 9.80 Å². The van der Waals surface area contributed by atoms with Crippen molar-refractivity contribution >= 4 is 23.9 Å². The molecule has 3 unspecified atom stereocenters. The van der Waals surface area contributed by atoms with Crippen LogP contribution in [0.25, 0.3) is 0 Å². The number of carboxylic acid groups (broad SMARTS) is 4. The van der Waals surface area contributed by atoms with Gasteiger partial charge < -0.3 is 54.9 Å². The van der Waals surface area contributed by atoms with Crippen molar-refractivity contribution in [1.29, 1.82) is 0 Å². The van der Waals surface area contributed by atoms with Crippen LogP contribution in [0.3, 0.4) is 0 Å². The molecule has 7 N–H and O–H groups in total. The number of aliphatic hydroxyl groups is 3. The molecule has 0 bridgehead atoms. The first-order valence-corrected chi connectivity index (χ1v) is 13.3. The number of aliphatic carboxylic acids is 4. The van der Waals surface area contributed by atoms with E-state index >= 15 is 0 Å². The summed E-state index contributed by atoms with van der Waals surface area (Å²) in [6.07, 6.45) is -2.77. The molecular weight excluding hydrogens is 566 g/mol. The van der Waals surface area contributed by atoms with Crippen molar-refractivity contribution < 1.29 is 69.1 Å². The Bertz CT molecular complexity index is 733. The van der Waals surface area contributed by atoms with Gasteiger partial charge >= 0.3 is 23.9 Å². The number of hydrogen-bond donors (Lipinski definition) is 7. The monoisotopic (exact) mass is 613 g/mol. The van der Waals surface area contributed by atoms with Crippen LogP contribution in [0.5, 0.6) is 0 Å². The third-order valence-electron chi connectivity index (χ3n) is 5.85. The van der Waals surface area contributed by atoms with Gasteiger partial charge in [-0.05, 0) is 20.5 Å². The predicted molar refractivity (Wildman–Crippen MR) is 145 cm³/mol. The molecule has 0 aromatic rings. The average Bonchev–Trinajstić information content (AvgIpc) is 2.81.